The molecule has 6 heteroatoms. The molecule has 0 aromatic carbocycles. The lowest BCUT2D eigenvalue weighted by Crippen LogP contribution is -2.40. The van der Waals surface area contributed by atoms with Crippen molar-refractivity contribution in [2.75, 3.05) is 18.5 Å². The number of anilines is 1. The third-order valence-corrected chi connectivity index (χ3v) is 2.87. The highest BCUT2D eigenvalue weighted by molar-refractivity contribution is 5.92. The molecule has 6 nitrogen and oxygen atoms in total. The van der Waals surface area contributed by atoms with Gasteiger partial charge in [0.05, 0.1) is 6.10 Å². The number of piperidine rings is 1. The average molecular weight is 236 g/mol. The van der Waals surface area contributed by atoms with Crippen molar-refractivity contribution in [3.05, 3.63) is 23.9 Å². The van der Waals surface area contributed by atoms with Crippen molar-refractivity contribution in [1.82, 2.24) is 9.88 Å². The first-order valence-electron chi connectivity index (χ1n) is 5.61. The molecule has 4 N–H and O–H groups in total. The van der Waals surface area contributed by atoms with Gasteiger partial charge in [0, 0.05) is 13.1 Å². The molecule has 2 rings (SSSR count). The molecule has 0 aliphatic carbocycles. The molecular weight excluding hydrogens is 220 g/mol. The van der Waals surface area contributed by atoms with E-state index in [2.05, 4.69) is 10.4 Å². The lowest BCUT2D eigenvalue weighted by Gasteiger charge is -2.29. The fourth-order valence-corrected chi connectivity index (χ4v) is 1.87. The molecule has 17 heavy (non-hydrogen) atoms. The Morgan fingerprint density at radius 2 is 2.18 bits per heavy atom. The minimum absolute atomic E-state index is 0.117. The third-order valence-electron chi connectivity index (χ3n) is 2.87. The fraction of sp³-hybridized carbons (Fsp3) is 0.455. The quantitative estimate of drug-likeness (QED) is 0.495. The number of amides is 1. The average Bonchev–Trinajstić information content (AvgIpc) is 2.39. The van der Waals surface area contributed by atoms with Crippen molar-refractivity contribution in [2.24, 2.45) is 5.84 Å². The number of pyridine rings is 1. The number of nitrogen functional groups attached to an aromatic ring is 1. The van der Waals surface area contributed by atoms with Crippen molar-refractivity contribution in [1.29, 1.82) is 0 Å². The van der Waals surface area contributed by atoms with Gasteiger partial charge >= 0.3 is 0 Å². The van der Waals surface area contributed by atoms with E-state index in [1.165, 1.54) is 0 Å². The Kier molecular flexibility index (Phi) is 3.55. The van der Waals surface area contributed by atoms with E-state index in [1.54, 1.807) is 23.1 Å². The van der Waals surface area contributed by atoms with E-state index >= 15 is 0 Å². The Bertz CT molecular complexity index is 402. The molecule has 0 bridgehead atoms. The number of nitrogens with zero attached hydrogens (tertiary/aromatic N) is 2. The summed E-state index contributed by atoms with van der Waals surface area (Å²) >= 11 is 0. The standard InChI is InChI=1S/C11H16N4O2/c12-14-10-3-1-2-9(13-10)11(17)15-6-4-8(16)5-7-15/h1-3,8,16H,4-7,12H2,(H,13,14). The van der Waals surface area contributed by atoms with Crippen LogP contribution < -0.4 is 11.3 Å². The maximum Gasteiger partial charge on any atom is 0.272 e. The second kappa shape index (κ2) is 5.11. The van der Waals surface area contributed by atoms with Crippen molar-refractivity contribution in [2.45, 2.75) is 18.9 Å². The fourth-order valence-electron chi connectivity index (χ4n) is 1.87. The first-order valence-corrected chi connectivity index (χ1v) is 5.61. The van der Waals surface area contributed by atoms with Gasteiger partial charge in [0.15, 0.2) is 0 Å². The molecule has 0 saturated carbocycles. The second-order valence-electron chi connectivity index (χ2n) is 4.08. The van der Waals surface area contributed by atoms with Crippen molar-refractivity contribution in [3.63, 3.8) is 0 Å². The van der Waals surface area contributed by atoms with Gasteiger partial charge in [-0.25, -0.2) is 10.8 Å². The summed E-state index contributed by atoms with van der Waals surface area (Å²) in [5.74, 6) is 5.59. The Morgan fingerprint density at radius 3 is 2.82 bits per heavy atom. The molecule has 0 spiro atoms. The minimum atomic E-state index is -0.288. The minimum Gasteiger partial charge on any atom is -0.393 e. The van der Waals surface area contributed by atoms with E-state index in [-0.39, 0.29) is 12.0 Å². The molecule has 92 valence electrons. The number of rotatable bonds is 2. The zero-order valence-corrected chi connectivity index (χ0v) is 9.47. The number of carbonyl (C=O) groups excluding carboxylic acids is 1. The number of aromatic nitrogens is 1. The number of aliphatic hydroxyl groups excluding tert-OH is 1. The molecule has 0 atom stereocenters. The molecule has 1 fully saturated rings. The number of hydrazine groups is 1. The topological polar surface area (TPSA) is 91.5 Å². The van der Waals surface area contributed by atoms with E-state index in [9.17, 15) is 9.90 Å². The van der Waals surface area contributed by atoms with Crippen LogP contribution in [0.2, 0.25) is 0 Å². The molecule has 1 aromatic rings. The van der Waals surface area contributed by atoms with Gasteiger partial charge in [0.2, 0.25) is 0 Å². The third kappa shape index (κ3) is 2.72. The molecule has 1 amide bonds. The SMILES string of the molecule is NNc1cccc(C(=O)N2CCC(O)CC2)n1. The predicted molar refractivity (Wildman–Crippen MR) is 63.2 cm³/mol. The first kappa shape index (κ1) is 11.8. The predicted octanol–water partition coefficient (Wildman–Crippen LogP) is -0.0359. The zero-order valence-electron chi connectivity index (χ0n) is 9.47. The van der Waals surface area contributed by atoms with Crippen molar-refractivity contribution in [3.8, 4) is 0 Å². The zero-order chi connectivity index (χ0) is 12.3. The van der Waals surface area contributed by atoms with Gasteiger partial charge in [-0.2, -0.15) is 0 Å². The van der Waals surface area contributed by atoms with Crippen molar-refractivity contribution < 1.29 is 9.90 Å². The number of hydrogen-bond donors (Lipinski definition) is 3. The van der Waals surface area contributed by atoms with Crippen LogP contribution in [0.15, 0.2) is 18.2 Å². The van der Waals surface area contributed by atoms with Gasteiger partial charge in [0.25, 0.3) is 5.91 Å². The van der Waals surface area contributed by atoms with Crippen LogP contribution in [-0.2, 0) is 0 Å². The summed E-state index contributed by atoms with van der Waals surface area (Å²) in [7, 11) is 0. The Morgan fingerprint density at radius 1 is 1.47 bits per heavy atom. The number of nitrogens with two attached hydrogens (primary N) is 1. The molecule has 1 saturated heterocycles. The highest BCUT2D eigenvalue weighted by Crippen LogP contribution is 2.13. The van der Waals surface area contributed by atoms with Gasteiger partial charge in [-0.1, -0.05) is 6.07 Å². The van der Waals surface area contributed by atoms with Crippen LogP contribution in [0.1, 0.15) is 23.3 Å². The number of aliphatic hydroxyl groups is 1. The smallest absolute Gasteiger partial charge is 0.272 e. The Balaban J connectivity index is 2.08. The van der Waals surface area contributed by atoms with Crippen LogP contribution in [0.3, 0.4) is 0 Å². The Labute approximate surface area is 99.4 Å². The number of carbonyl (C=O) groups is 1. The number of hydrogen-bond acceptors (Lipinski definition) is 5. The second-order valence-corrected chi connectivity index (χ2v) is 4.08. The molecular formula is C11H16N4O2. The monoisotopic (exact) mass is 236 g/mol. The van der Waals surface area contributed by atoms with Gasteiger partial charge in [-0.15, -0.1) is 0 Å². The number of likely N-dealkylation sites (tertiary alicyclic amines) is 1. The largest absolute Gasteiger partial charge is 0.393 e. The number of nitrogens with one attached hydrogen (secondary N) is 1. The first-order chi connectivity index (χ1) is 8.20. The maximum atomic E-state index is 12.1. The van der Waals surface area contributed by atoms with Gasteiger partial charge < -0.3 is 15.4 Å². The summed E-state index contributed by atoms with van der Waals surface area (Å²) in [6.07, 6.45) is 0.963. The summed E-state index contributed by atoms with van der Waals surface area (Å²) in [4.78, 5) is 17.9. The van der Waals surface area contributed by atoms with Gasteiger partial charge in [0.1, 0.15) is 11.5 Å². The van der Waals surface area contributed by atoms with Crippen LogP contribution in [0.4, 0.5) is 5.82 Å². The maximum absolute atomic E-state index is 12.1. The summed E-state index contributed by atoms with van der Waals surface area (Å²) in [5.41, 5.74) is 2.78. The van der Waals surface area contributed by atoms with E-state index in [0.29, 0.717) is 37.4 Å². The van der Waals surface area contributed by atoms with Crippen LogP contribution >= 0.6 is 0 Å². The van der Waals surface area contributed by atoms with Crippen LogP contribution in [0, 0.1) is 0 Å². The summed E-state index contributed by atoms with van der Waals surface area (Å²) < 4.78 is 0. The molecule has 1 aromatic heterocycles. The van der Waals surface area contributed by atoms with E-state index < -0.39 is 0 Å². The van der Waals surface area contributed by atoms with E-state index in [4.69, 9.17) is 5.84 Å². The van der Waals surface area contributed by atoms with Crippen molar-refractivity contribution >= 4 is 11.7 Å². The molecule has 0 unspecified atom stereocenters. The molecule has 0 radical (unpaired) electrons. The summed E-state index contributed by atoms with van der Waals surface area (Å²) in [5, 5.41) is 9.38. The Hall–Kier alpha value is -1.66. The lowest BCUT2D eigenvalue weighted by molar-refractivity contribution is 0.0541. The molecule has 2 heterocycles. The van der Waals surface area contributed by atoms with Crippen LogP contribution in [-0.4, -0.2) is 40.1 Å². The van der Waals surface area contributed by atoms with Gasteiger partial charge in [-0.05, 0) is 25.0 Å². The van der Waals surface area contributed by atoms with Gasteiger partial charge in [-0.3, -0.25) is 4.79 Å². The van der Waals surface area contributed by atoms with Crippen LogP contribution in [0.5, 0.6) is 0 Å². The normalized spacial score (nSPS) is 16.9. The van der Waals surface area contributed by atoms with E-state index in [1.807, 2.05) is 0 Å². The lowest BCUT2D eigenvalue weighted by atomic mass is 10.1. The highest BCUT2D eigenvalue weighted by Gasteiger charge is 2.23. The summed E-state index contributed by atoms with van der Waals surface area (Å²) in [6.45, 7) is 1.14. The molecule has 1 aliphatic rings. The highest BCUT2D eigenvalue weighted by atomic mass is 16.3. The molecule has 1 aliphatic heterocycles. The van der Waals surface area contributed by atoms with E-state index in [0.717, 1.165) is 0 Å². The van der Waals surface area contributed by atoms with Crippen LogP contribution in [0.25, 0.3) is 0 Å². The summed E-state index contributed by atoms with van der Waals surface area (Å²) in [6, 6.07) is 5.08.